The van der Waals surface area contributed by atoms with Crippen molar-refractivity contribution in [3.63, 3.8) is 0 Å². The summed E-state index contributed by atoms with van der Waals surface area (Å²) < 4.78 is 33.1. The van der Waals surface area contributed by atoms with E-state index in [2.05, 4.69) is 79.1 Å². The van der Waals surface area contributed by atoms with Crippen LogP contribution in [0, 0.1) is 0 Å². The Balaban J connectivity index is 4.43. The van der Waals surface area contributed by atoms with E-state index in [-0.39, 0.29) is 13.0 Å². The molecule has 10 nitrogen and oxygen atoms in total. The number of phosphoric ester groups is 1. The number of nitrogens with two attached hydrogens (primary N) is 1. The van der Waals surface area contributed by atoms with Gasteiger partial charge in [-0.2, -0.15) is 0 Å². The molecular weight excluding hydrogens is 693 g/mol. The smallest absolute Gasteiger partial charge is 0.472 e. The molecule has 0 aromatic carbocycles. The molecule has 0 heterocycles. The topological polar surface area (TPSA) is 155 Å². The van der Waals surface area contributed by atoms with Crippen molar-refractivity contribution < 1.29 is 42.7 Å². The normalized spacial score (nSPS) is 14.8. The Kier molecular flexibility index (Phi) is 35.9. The van der Waals surface area contributed by atoms with E-state index in [9.17, 15) is 19.0 Å². The number of rotatable bonds is 37. The maximum Gasteiger partial charge on any atom is 0.472 e. The molecule has 0 aromatic heterocycles. The maximum absolute atomic E-state index is 12.6. The summed E-state index contributed by atoms with van der Waals surface area (Å²) >= 11 is 0. The molecule has 3 atom stereocenters. The summed E-state index contributed by atoms with van der Waals surface area (Å²) in [6, 6.07) is -1.49. The number of carbonyl (C=O) groups excluding carboxylic acids is 1. The third kappa shape index (κ3) is 37.5. The Hall–Kier alpha value is -2.59. The van der Waals surface area contributed by atoms with Crippen LogP contribution in [0.15, 0.2) is 72.9 Å². The van der Waals surface area contributed by atoms with Crippen LogP contribution in [0.3, 0.4) is 0 Å². The molecule has 0 aromatic rings. The molecule has 0 aliphatic carbocycles. The fourth-order valence-electron chi connectivity index (χ4n) is 4.92. The van der Waals surface area contributed by atoms with Gasteiger partial charge in [0.15, 0.2) is 0 Å². The number of carboxylic acids is 1. The molecule has 11 heteroatoms. The zero-order valence-electron chi connectivity index (χ0n) is 32.8. The molecule has 53 heavy (non-hydrogen) atoms. The fraction of sp³-hybridized carbons (Fsp3) is 0.667. The van der Waals surface area contributed by atoms with Gasteiger partial charge in [0.1, 0.15) is 12.1 Å². The number of ether oxygens (including phenoxy) is 2. The highest BCUT2D eigenvalue weighted by Crippen LogP contribution is 2.43. The average molecular weight is 766 g/mol. The highest BCUT2D eigenvalue weighted by atomic mass is 31.2. The minimum Gasteiger partial charge on any atom is -0.480 e. The molecule has 0 aliphatic rings. The second-order valence-electron chi connectivity index (χ2n) is 13.0. The van der Waals surface area contributed by atoms with Crippen LogP contribution < -0.4 is 5.73 Å². The van der Waals surface area contributed by atoms with Crippen molar-refractivity contribution in [1.82, 2.24) is 0 Å². The molecular formula is C42H72NO9P. The second-order valence-corrected chi connectivity index (χ2v) is 14.5. The van der Waals surface area contributed by atoms with Crippen molar-refractivity contribution in [1.29, 1.82) is 0 Å². The van der Waals surface area contributed by atoms with Crippen molar-refractivity contribution >= 4 is 19.8 Å². The highest BCUT2D eigenvalue weighted by Gasteiger charge is 2.27. The quantitative estimate of drug-likeness (QED) is 0.0241. The molecule has 0 saturated heterocycles. The number of esters is 1. The monoisotopic (exact) mass is 765 g/mol. The molecule has 304 valence electrons. The summed E-state index contributed by atoms with van der Waals surface area (Å²) in [4.78, 5) is 33.4. The molecule has 0 saturated carbocycles. The van der Waals surface area contributed by atoms with Crippen LogP contribution >= 0.6 is 7.82 Å². The molecule has 0 amide bonds. The van der Waals surface area contributed by atoms with Gasteiger partial charge < -0.3 is 25.2 Å². The molecule has 0 fully saturated rings. The van der Waals surface area contributed by atoms with Gasteiger partial charge in [0.05, 0.1) is 19.8 Å². The summed E-state index contributed by atoms with van der Waals surface area (Å²) in [5, 5.41) is 8.87. The number of hydrogen-bond donors (Lipinski definition) is 3. The van der Waals surface area contributed by atoms with Gasteiger partial charge in [-0.25, -0.2) is 4.57 Å². The van der Waals surface area contributed by atoms with E-state index in [4.69, 9.17) is 24.8 Å². The molecule has 3 unspecified atom stereocenters. The summed E-state index contributed by atoms with van der Waals surface area (Å²) in [7, 11) is -4.63. The minimum absolute atomic E-state index is 0.0156. The summed E-state index contributed by atoms with van der Waals surface area (Å²) in [6.45, 7) is 3.65. The Labute approximate surface area is 321 Å². The van der Waals surface area contributed by atoms with Crippen LogP contribution in [0.2, 0.25) is 0 Å². The molecule has 0 radical (unpaired) electrons. The van der Waals surface area contributed by atoms with E-state index in [0.29, 0.717) is 13.0 Å². The number of hydrogen-bond acceptors (Lipinski definition) is 8. The highest BCUT2D eigenvalue weighted by molar-refractivity contribution is 7.47. The maximum atomic E-state index is 12.6. The van der Waals surface area contributed by atoms with Crippen LogP contribution in [0.1, 0.15) is 142 Å². The van der Waals surface area contributed by atoms with Gasteiger partial charge in [0.25, 0.3) is 0 Å². The lowest BCUT2D eigenvalue weighted by atomic mass is 10.1. The van der Waals surface area contributed by atoms with Gasteiger partial charge in [0.2, 0.25) is 0 Å². The number of carboxylic acid groups (broad SMARTS) is 1. The Morgan fingerprint density at radius 1 is 0.623 bits per heavy atom. The number of unbranched alkanes of at least 4 members (excludes halogenated alkanes) is 11. The van der Waals surface area contributed by atoms with Gasteiger partial charge in [-0.15, -0.1) is 0 Å². The predicted molar refractivity (Wildman–Crippen MR) is 217 cm³/mol. The van der Waals surface area contributed by atoms with Crippen molar-refractivity contribution in [3.05, 3.63) is 72.9 Å². The Morgan fingerprint density at radius 3 is 1.53 bits per heavy atom. The first kappa shape index (κ1) is 50.4. The van der Waals surface area contributed by atoms with Gasteiger partial charge >= 0.3 is 19.8 Å². The molecule has 0 bridgehead atoms. The third-order valence-electron chi connectivity index (χ3n) is 8.01. The zero-order valence-corrected chi connectivity index (χ0v) is 33.7. The first-order chi connectivity index (χ1) is 25.7. The van der Waals surface area contributed by atoms with Crippen molar-refractivity contribution in [2.45, 2.75) is 154 Å². The van der Waals surface area contributed by atoms with Crippen LogP contribution in [0.5, 0.6) is 0 Å². The lowest BCUT2D eigenvalue weighted by Gasteiger charge is -2.20. The number of carbonyl (C=O) groups is 2. The van der Waals surface area contributed by atoms with E-state index in [1.165, 1.54) is 57.8 Å². The van der Waals surface area contributed by atoms with Crippen molar-refractivity contribution in [2.75, 3.05) is 26.4 Å². The summed E-state index contributed by atoms with van der Waals surface area (Å²) in [6.07, 6.45) is 45.4. The average Bonchev–Trinajstić information content (AvgIpc) is 3.13. The molecule has 4 N–H and O–H groups in total. The number of aliphatic carboxylic acids is 1. The first-order valence-corrected chi connectivity index (χ1v) is 21.5. The number of allylic oxidation sites excluding steroid dienone is 12. The van der Waals surface area contributed by atoms with Gasteiger partial charge in [0, 0.05) is 13.0 Å². The van der Waals surface area contributed by atoms with Gasteiger partial charge in [-0.3, -0.25) is 18.6 Å². The second kappa shape index (κ2) is 37.7. The zero-order chi connectivity index (χ0) is 39.1. The standard InChI is InChI=1S/C42H72NO9P/c1-3-5-7-9-11-13-15-17-18-19-20-21-22-23-24-26-28-30-32-34-41(44)52-39(37-50-53(47,48)51-38-40(43)42(45)46)36-49-35-33-31-29-27-25-16-14-12-10-8-6-4-2/h5,7,11,13,17-18,20-21,23-24,28,30,39-40H,3-4,6,8-10,12,14-16,19,22,25-27,29,31-38,43H2,1-2H3,(H,45,46)(H,47,48)/b7-5-,13-11-,18-17-,21-20-,24-23-,30-28-. The lowest BCUT2D eigenvalue weighted by molar-refractivity contribution is -0.154. The molecule has 0 aliphatic heterocycles. The van der Waals surface area contributed by atoms with E-state index in [1.54, 1.807) is 0 Å². The van der Waals surface area contributed by atoms with Crippen molar-refractivity contribution in [3.8, 4) is 0 Å². The minimum atomic E-state index is -4.63. The fourth-order valence-corrected chi connectivity index (χ4v) is 5.70. The van der Waals surface area contributed by atoms with Crippen LogP contribution in [-0.2, 0) is 32.7 Å². The Bertz CT molecular complexity index is 1120. The van der Waals surface area contributed by atoms with E-state index in [1.807, 2.05) is 12.2 Å². The first-order valence-electron chi connectivity index (χ1n) is 20.0. The molecule has 0 rings (SSSR count). The van der Waals surface area contributed by atoms with Crippen molar-refractivity contribution in [2.24, 2.45) is 5.73 Å². The van der Waals surface area contributed by atoms with E-state index < -0.39 is 45.1 Å². The van der Waals surface area contributed by atoms with E-state index >= 15 is 0 Å². The van der Waals surface area contributed by atoms with Gasteiger partial charge in [-0.1, -0.05) is 157 Å². The van der Waals surface area contributed by atoms with Crippen LogP contribution in [0.25, 0.3) is 0 Å². The summed E-state index contributed by atoms with van der Waals surface area (Å²) in [5.41, 5.74) is 5.33. The van der Waals surface area contributed by atoms with Crippen LogP contribution in [-0.4, -0.2) is 60.5 Å². The summed E-state index contributed by atoms with van der Waals surface area (Å²) in [5.74, 6) is -1.87. The Morgan fingerprint density at radius 2 is 1.06 bits per heavy atom. The molecule has 0 spiro atoms. The largest absolute Gasteiger partial charge is 0.480 e. The van der Waals surface area contributed by atoms with Crippen LogP contribution in [0.4, 0.5) is 0 Å². The number of phosphoric acid groups is 1. The lowest BCUT2D eigenvalue weighted by Crippen LogP contribution is -2.34. The third-order valence-corrected chi connectivity index (χ3v) is 8.96. The predicted octanol–water partition coefficient (Wildman–Crippen LogP) is 10.6. The SMILES string of the molecule is CC/C=C\C/C=C\C/C=C\C/C=C\C/C=C\C/C=C\CCC(=O)OC(COCCCCCCCCCCCCCC)COP(=O)(O)OCC(N)C(=O)O. The van der Waals surface area contributed by atoms with E-state index in [0.717, 1.165) is 57.8 Å². The van der Waals surface area contributed by atoms with Gasteiger partial charge in [-0.05, 0) is 51.4 Å².